The molecule has 0 aromatic rings. The van der Waals surface area contributed by atoms with Gasteiger partial charge in [0.2, 0.25) is 0 Å². The van der Waals surface area contributed by atoms with Gasteiger partial charge in [-0.05, 0) is 31.6 Å². The maximum Gasteiger partial charge on any atom is 0.315 e. The number of ether oxygens (including phenoxy) is 1. The zero-order valence-corrected chi connectivity index (χ0v) is 12.5. The van der Waals surface area contributed by atoms with Crippen LogP contribution in [0, 0.1) is 5.92 Å². The molecule has 2 amide bonds. The van der Waals surface area contributed by atoms with E-state index in [9.17, 15) is 9.59 Å². The number of carboxylic acid groups (broad SMARTS) is 1. The number of urea groups is 1. The van der Waals surface area contributed by atoms with Crippen molar-refractivity contribution in [2.24, 2.45) is 5.92 Å². The van der Waals surface area contributed by atoms with Crippen molar-refractivity contribution in [1.29, 1.82) is 0 Å². The minimum absolute atomic E-state index is 0.0108. The Morgan fingerprint density at radius 1 is 1.24 bits per heavy atom. The molecule has 1 unspecified atom stereocenters. The van der Waals surface area contributed by atoms with Gasteiger partial charge in [-0.1, -0.05) is 19.3 Å². The summed E-state index contributed by atoms with van der Waals surface area (Å²) in [6, 6.07) is -0.239. The zero-order valence-electron chi connectivity index (χ0n) is 12.5. The molecule has 0 spiro atoms. The molecule has 1 aliphatic carbocycles. The van der Waals surface area contributed by atoms with E-state index in [0.29, 0.717) is 12.5 Å². The van der Waals surface area contributed by atoms with Crippen LogP contribution in [0.25, 0.3) is 0 Å². The maximum absolute atomic E-state index is 12.0. The summed E-state index contributed by atoms with van der Waals surface area (Å²) in [5.74, 6) is -0.312. The second-order valence-corrected chi connectivity index (χ2v) is 6.31. The molecule has 6 nitrogen and oxygen atoms in total. The van der Waals surface area contributed by atoms with Crippen molar-refractivity contribution in [1.82, 2.24) is 10.6 Å². The number of carbonyl (C=O) groups is 2. The second-order valence-electron chi connectivity index (χ2n) is 6.31. The quantitative estimate of drug-likeness (QED) is 0.699. The van der Waals surface area contributed by atoms with Crippen LogP contribution < -0.4 is 10.6 Å². The third kappa shape index (κ3) is 5.19. The molecule has 0 aromatic heterocycles. The van der Waals surface area contributed by atoms with Crippen molar-refractivity contribution in [2.75, 3.05) is 19.8 Å². The van der Waals surface area contributed by atoms with Gasteiger partial charge in [-0.15, -0.1) is 0 Å². The van der Waals surface area contributed by atoms with Crippen LogP contribution in [-0.4, -0.2) is 42.4 Å². The molecule has 1 aliphatic heterocycles. The monoisotopic (exact) mass is 298 g/mol. The highest BCUT2D eigenvalue weighted by molar-refractivity contribution is 5.76. The van der Waals surface area contributed by atoms with E-state index in [0.717, 1.165) is 58.2 Å². The van der Waals surface area contributed by atoms with E-state index in [-0.39, 0.29) is 12.5 Å². The summed E-state index contributed by atoms with van der Waals surface area (Å²) in [5, 5.41) is 14.9. The molecular weight excluding hydrogens is 272 g/mol. The average Bonchev–Trinajstić information content (AvgIpc) is 2.91. The van der Waals surface area contributed by atoms with Crippen molar-refractivity contribution in [3.8, 4) is 0 Å². The number of nitrogens with one attached hydrogen (secondary N) is 2. The van der Waals surface area contributed by atoms with Crippen LogP contribution >= 0.6 is 0 Å². The van der Waals surface area contributed by atoms with Crippen molar-refractivity contribution in [2.45, 2.75) is 56.9 Å². The third-order valence-corrected chi connectivity index (χ3v) is 4.54. The summed E-state index contributed by atoms with van der Waals surface area (Å²) in [4.78, 5) is 23.1. The number of hydrogen-bond acceptors (Lipinski definition) is 3. The number of carbonyl (C=O) groups excluding carboxylic acids is 1. The highest BCUT2D eigenvalue weighted by atomic mass is 16.5. The molecule has 0 aromatic carbocycles. The van der Waals surface area contributed by atoms with Crippen LogP contribution in [0.4, 0.5) is 4.79 Å². The van der Waals surface area contributed by atoms with Crippen LogP contribution in [0.1, 0.15) is 51.4 Å². The summed E-state index contributed by atoms with van der Waals surface area (Å²) in [5.41, 5.74) is -0.565. The fraction of sp³-hybridized carbons (Fsp3) is 0.867. The van der Waals surface area contributed by atoms with Gasteiger partial charge in [0.15, 0.2) is 0 Å². The van der Waals surface area contributed by atoms with Crippen molar-refractivity contribution < 1.29 is 19.4 Å². The van der Waals surface area contributed by atoms with E-state index in [4.69, 9.17) is 9.84 Å². The Morgan fingerprint density at radius 3 is 2.62 bits per heavy atom. The Labute approximate surface area is 125 Å². The zero-order chi connectivity index (χ0) is 15.1. The van der Waals surface area contributed by atoms with Crippen LogP contribution in [0.15, 0.2) is 0 Å². The highest BCUT2D eigenvalue weighted by Crippen LogP contribution is 2.31. The van der Waals surface area contributed by atoms with Gasteiger partial charge in [0.05, 0.1) is 12.0 Å². The van der Waals surface area contributed by atoms with Gasteiger partial charge < -0.3 is 20.5 Å². The largest absolute Gasteiger partial charge is 0.481 e. The normalized spacial score (nSPS) is 24.5. The first kappa shape index (κ1) is 16.1. The number of amides is 2. The Kier molecular flexibility index (Phi) is 5.85. The molecule has 2 rings (SSSR count). The van der Waals surface area contributed by atoms with Crippen LogP contribution in [0.3, 0.4) is 0 Å². The first-order valence-electron chi connectivity index (χ1n) is 7.95. The molecule has 1 atom stereocenters. The highest BCUT2D eigenvalue weighted by Gasteiger charge is 2.35. The van der Waals surface area contributed by atoms with Crippen molar-refractivity contribution in [3.05, 3.63) is 0 Å². The Hall–Kier alpha value is -1.30. The topological polar surface area (TPSA) is 87.7 Å². The predicted octanol–water partition coefficient (Wildman–Crippen LogP) is 1.89. The molecule has 3 N–H and O–H groups in total. The van der Waals surface area contributed by atoms with Crippen LogP contribution in [-0.2, 0) is 9.53 Å². The lowest BCUT2D eigenvalue weighted by molar-refractivity contribution is -0.139. The number of carboxylic acids is 1. The molecule has 2 fully saturated rings. The maximum atomic E-state index is 12.0. The van der Waals surface area contributed by atoms with Gasteiger partial charge in [-0.25, -0.2) is 4.79 Å². The number of rotatable bonds is 6. The van der Waals surface area contributed by atoms with Crippen LogP contribution in [0.2, 0.25) is 0 Å². The molecular formula is C15H26N2O4. The van der Waals surface area contributed by atoms with Crippen molar-refractivity contribution in [3.63, 3.8) is 0 Å². The summed E-state index contributed by atoms with van der Waals surface area (Å²) in [6.45, 7) is 2.22. The van der Waals surface area contributed by atoms with Gasteiger partial charge in [0, 0.05) is 19.8 Å². The van der Waals surface area contributed by atoms with Gasteiger partial charge in [-0.3, -0.25) is 4.79 Å². The van der Waals surface area contributed by atoms with Gasteiger partial charge in [0.1, 0.15) is 0 Å². The number of hydrogen-bond donors (Lipinski definition) is 3. The van der Waals surface area contributed by atoms with Gasteiger partial charge in [0.25, 0.3) is 0 Å². The molecule has 2 aliphatic rings. The molecule has 0 bridgehead atoms. The summed E-state index contributed by atoms with van der Waals surface area (Å²) < 4.78 is 5.30. The minimum Gasteiger partial charge on any atom is -0.481 e. The predicted molar refractivity (Wildman–Crippen MR) is 78.1 cm³/mol. The SMILES string of the molecule is O=C(O)CC1(NC(=O)NCCC2CCOC2)CCCCC1. The summed E-state index contributed by atoms with van der Waals surface area (Å²) in [7, 11) is 0. The third-order valence-electron chi connectivity index (χ3n) is 4.54. The molecule has 6 heteroatoms. The Morgan fingerprint density at radius 2 is 2.00 bits per heavy atom. The molecule has 0 radical (unpaired) electrons. The summed E-state index contributed by atoms with van der Waals surface area (Å²) in [6.07, 6.45) is 6.57. The second kappa shape index (κ2) is 7.64. The van der Waals surface area contributed by atoms with E-state index in [1.54, 1.807) is 0 Å². The molecule has 120 valence electrons. The fourth-order valence-electron chi connectivity index (χ4n) is 3.35. The molecule has 1 heterocycles. The first-order valence-corrected chi connectivity index (χ1v) is 7.95. The van der Waals surface area contributed by atoms with Gasteiger partial charge in [-0.2, -0.15) is 0 Å². The van der Waals surface area contributed by atoms with E-state index in [1.165, 1.54) is 0 Å². The number of aliphatic carboxylic acids is 1. The minimum atomic E-state index is -0.847. The first-order chi connectivity index (χ1) is 10.1. The molecule has 21 heavy (non-hydrogen) atoms. The van der Waals surface area contributed by atoms with Gasteiger partial charge >= 0.3 is 12.0 Å². The lowest BCUT2D eigenvalue weighted by Gasteiger charge is -2.37. The Bertz CT molecular complexity index is 361. The van der Waals surface area contributed by atoms with Crippen molar-refractivity contribution >= 4 is 12.0 Å². The van der Waals surface area contributed by atoms with E-state index in [2.05, 4.69) is 10.6 Å². The smallest absolute Gasteiger partial charge is 0.315 e. The lowest BCUT2D eigenvalue weighted by atomic mass is 9.79. The van der Waals surface area contributed by atoms with E-state index < -0.39 is 11.5 Å². The van der Waals surface area contributed by atoms with E-state index >= 15 is 0 Å². The average molecular weight is 298 g/mol. The lowest BCUT2D eigenvalue weighted by Crippen LogP contribution is -2.54. The Balaban J connectivity index is 1.75. The molecule has 1 saturated carbocycles. The van der Waals surface area contributed by atoms with E-state index in [1.807, 2.05) is 0 Å². The fourth-order valence-corrected chi connectivity index (χ4v) is 3.35. The summed E-state index contributed by atoms with van der Waals surface area (Å²) >= 11 is 0. The standard InChI is InChI=1S/C15H26N2O4/c18-13(19)10-15(6-2-1-3-7-15)17-14(20)16-8-4-12-5-9-21-11-12/h12H,1-11H2,(H,18,19)(H2,16,17,20). The molecule has 1 saturated heterocycles. The van der Waals surface area contributed by atoms with Crippen LogP contribution in [0.5, 0.6) is 0 Å².